The molecule has 2 aromatic rings. The fraction of sp³-hybridized carbons (Fsp3) is 0.294. The molecule has 6 heteroatoms. The predicted molar refractivity (Wildman–Crippen MR) is 93.9 cm³/mol. The molecule has 0 spiro atoms. The van der Waals surface area contributed by atoms with Gasteiger partial charge >= 0.3 is 0 Å². The topological polar surface area (TPSA) is 78.4 Å². The lowest BCUT2D eigenvalue weighted by atomic mass is 10.1. The number of benzene rings is 2. The van der Waals surface area contributed by atoms with Crippen LogP contribution in [0, 0.1) is 0 Å². The number of anilines is 2. The maximum Gasteiger partial charge on any atom is 0.232 e. The first kappa shape index (κ1) is 17.3. The van der Waals surface area contributed by atoms with Crippen molar-refractivity contribution in [3.63, 3.8) is 0 Å². The monoisotopic (exact) mass is 334 g/mol. The molecule has 0 heterocycles. The van der Waals surface area contributed by atoms with Crippen LogP contribution < -0.4 is 10.0 Å². The average Bonchev–Trinajstić information content (AvgIpc) is 2.55. The minimum absolute atomic E-state index is 0.0202. The molecule has 3 N–H and O–H groups in total. The molecule has 124 valence electrons. The molecule has 23 heavy (non-hydrogen) atoms. The smallest absolute Gasteiger partial charge is 0.232 e. The minimum Gasteiger partial charge on any atom is -0.392 e. The zero-order valence-corrected chi connectivity index (χ0v) is 14.1. The van der Waals surface area contributed by atoms with Crippen LogP contribution in [0.5, 0.6) is 0 Å². The Morgan fingerprint density at radius 2 is 1.74 bits per heavy atom. The van der Waals surface area contributed by atoms with E-state index in [-0.39, 0.29) is 18.4 Å². The Morgan fingerprint density at radius 3 is 2.35 bits per heavy atom. The predicted octanol–water partition coefficient (Wildman–Crippen LogP) is 3.11. The highest BCUT2D eigenvalue weighted by molar-refractivity contribution is 7.92. The van der Waals surface area contributed by atoms with Crippen molar-refractivity contribution in [2.24, 2.45) is 0 Å². The van der Waals surface area contributed by atoms with E-state index in [1.54, 1.807) is 19.1 Å². The van der Waals surface area contributed by atoms with Gasteiger partial charge in [-0.05, 0) is 37.6 Å². The summed E-state index contributed by atoms with van der Waals surface area (Å²) in [6, 6.07) is 14.9. The molecule has 0 unspecified atom stereocenters. The summed E-state index contributed by atoms with van der Waals surface area (Å²) in [5, 5.41) is 12.7. The molecule has 1 atom stereocenters. The number of aliphatic hydroxyl groups is 1. The van der Waals surface area contributed by atoms with Crippen LogP contribution in [0.4, 0.5) is 11.4 Å². The zero-order chi connectivity index (χ0) is 16.9. The standard InChI is InChI=1S/C17H22N2O3S/c1-3-23(21,22)19-16-10-8-14(9-11-16)13(2)18-17-7-5-4-6-15(17)12-20/h4-11,13,18-20H,3,12H2,1-2H3/t13-/m0/s1. The Bertz CT molecular complexity index is 743. The molecule has 0 aliphatic heterocycles. The highest BCUT2D eigenvalue weighted by Crippen LogP contribution is 2.23. The summed E-state index contributed by atoms with van der Waals surface area (Å²) in [5.74, 6) is 0.0463. The highest BCUT2D eigenvalue weighted by atomic mass is 32.2. The Morgan fingerprint density at radius 1 is 1.09 bits per heavy atom. The summed E-state index contributed by atoms with van der Waals surface area (Å²) in [5.41, 5.74) is 3.31. The molecule has 0 aromatic heterocycles. The van der Waals surface area contributed by atoms with Crippen LogP contribution in [0.3, 0.4) is 0 Å². The fourth-order valence-corrected chi connectivity index (χ4v) is 2.85. The molecule has 2 rings (SSSR count). The van der Waals surface area contributed by atoms with Gasteiger partial charge < -0.3 is 10.4 Å². The van der Waals surface area contributed by atoms with Gasteiger partial charge in [-0.2, -0.15) is 0 Å². The summed E-state index contributed by atoms with van der Waals surface area (Å²) >= 11 is 0. The molecule has 0 amide bonds. The number of para-hydroxylation sites is 1. The van der Waals surface area contributed by atoms with Gasteiger partial charge in [0.1, 0.15) is 0 Å². The second kappa shape index (κ2) is 7.48. The van der Waals surface area contributed by atoms with Crippen molar-refractivity contribution in [1.82, 2.24) is 0 Å². The summed E-state index contributed by atoms with van der Waals surface area (Å²) < 4.78 is 25.6. The zero-order valence-electron chi connectivity index (χ0n) is 13.3. The third-order valence-electron chi connectivity index (χ3n) is 3.62. The van der Waals surface area contributed by atoms with Crippen LogP contribution in [0.2, 0.25) is 0 Å². The summed E-state index contributed by atoms with van der Waals surface area (Å²) in [4.78, 5) is 0. The molecule has 0 aliphatic carbocycles. The van der Waals surface area contributed by atoms with E-state index < -0.39 is 10.0 Å². The maximum atomic E-state index is 11.6. The maximum absolute atomic E-state index is 11.6. The van der Waals surface area contributed by atoms with Gasteiger partial charge in [-0.25, -0.2) is 8.42 Å². The van der Waals surface area contributed by atoms with Gasteiger partial charge in [0.15, 0.2) is 0 Å². The second-order valence-electron chi connectivity index (χ2n) is 5.31. The normalized spacial score (nSPS) is 12.7. The molecule has 0 bridgehead atoms. The van der Waals surface area contributed by atoms with Crippen LogP contribution in [0.25, 0.3) is 0 Å². The third kappa shape index (κ3) is 4.71. The molecule has 0 saturated carbocycles. The number of rotatable bonds is 7. The van der Waals surface area contributed by atoms with E-state index >= 15 is 0 Å². The van der Waals surface area contributed by atoms with Crippen LogP contribution in [-0.2, 0) is 16.6 Å². The Labute approximate surface area is 137 Å². The summed E-state index contributed by atoms with van der Waals surface area (Å²) in [6.07, 6.45) is 0. The number of nitrogens with one attached hydrogen (secondary N) is 2. The van der Waals surface area contributed by atoms with Crippen LogP contribution in [0.1, 0.15) is 31.0 Å². The van der Waals surface area contributed by atoms with E-state index in [0.717, 1.165) is 16.8 Å². The molecule has 0 fully saturated rings. The fourth-order valence-electron chi connectivity index (χ4n) is 2.21. The van der Waals surface area contributed by atoms with Crippen molar-refractivity contribution >= 4 is 21.4 Å². The van der Waals surface area contributed by atoms with Crippen molar-refractivity contribution in [2.45, 2.75) is 26.5 Å². The van der Waals surface area contributed by atoms with E-state index in [1.807, 2.05) is 43.3 Å². The van der Waals surface area contributed by atoms with Crippen molar-refractivity contribution in [3.05, 3.63) is 59.7 Å². The van der Waals surface area contributed by atoms with Crippen molar-refractivity contribution in [2.75, 3.05) is 15.8 Å². The number of aliphatic hydroxyl groups excluding tert-OH is 1. The summed E-state index contributed by atoms with van der Waals surface area (Å²) in [7, 11) is -3.26. The summed E-state index contributed by atoms with van der Waals surface area (Å²) in [6.45, 7) is 3.59. The largest absolute Gasteiger partial charge is 0.392 e. The Kier molecular flexibility index (Phi) is 5.63. The molecule has 0 saturated heterocycles. The Balaban J connectivity index is 2.10. The number of sulfonamides is 1. The Hall–Kier alpha value is -2.05. The molecule has 0 radical (unpaired) electrons. The van der Waals surface area contributed by atoms with E-state index in [0.29, 0.717) is 5.69 Å². The van der Waals surface area contributed by atoms with Gasteiger partial charge in [-0.1, -0.05) is 30.3 Å². The van der Waals surface area contributed by atoms with Gasteiger partial charge in [0.2, 0.25) is 10.0 Å². The first-order valence-electron chi connectivity index (χ1n) is 7.51. The van der Waals surface area contributed by atoms with E-state index in [1.165, 1.54) is 0 Å². The highest BCUT2D eigenvalue weighted by Gasteiger charge is 2.10. The van der Waals surface area contributed by atoms with Crippen molar-refractivity contribution in [3.8, 4) is 0 Å². The van der Waals surface area contributed by atoms with Gasteiger partial charge in [0.05, 0.1) is 12.4 Å². The molecule has 0 aliphatic rings. The lowest BCUT2D eigenvalue weighted by molar-refractivity contribution is 0.282. The number of hydrogen-bond donors (Lipinski definition) is 3. The lowest BCUT2D eigenvalue weighted by Gasteiger charge is -2.18. The first-order valence-corrected chi connectivity index (χ1v) is 9.16. The van der Waals surface area contributed by atoms with E-state index in [4.69, 9.17) is 0 Å². The van der Waals surface area contributed by atoms with Crippen molar-refractivity contribution < 1.29 is 13.5 Å². The van der Waals surface area contributed by atoms with Gasteiger partial charge in [-0.3, -0.25) is 4.72 Å². The lowest BCUT2D eigenvalue weighted by Crippen LogP contribution is -2.14. The second-order valence-corrected chi connectivity index (χ2v) is 7.32. The molecule has 2 aromatic carbocycles. The van der Waals surface area contributed by atoms with Crippen LogP contribution in [0.15, 0.2) is 48.5 Å². The van der Waals surface area contributed by atoms with E-state index in [2.05, 4.69) is 10.0 Å². The van der Waals surface area contributed by atoms with E-state index in [9.17, 15) is 13.5 Å². The quantitative estimate of drug-likeness (QED) is 0.727. The third-order valence-corrected chi connectivity index (χ3v) is 4.93. The first-order chi connectivity index (χ1) is 10.9. The molecular weight excluding hydrogens is 312 g/mol. The molecule has 5 nitrogen and oxygen atoms in total. The van der Waals surface area contributed by atoms with Crippen LogP contribution >= 0.6 is 0 Å². The molecular formula is C17H22N2O3S. The van der Waals surface area contributed by atoms with Crippen molar-refractivity contribution in [1.29, 1.82) is 0 Å². The average molecular weight is 334 g/mol. The minimum atomic E-state index is -3.26. The van der Waals surface area contributed by atoms with Crippen LogP contribution in [-0.4, -0.2) is 19.3 Å². The SMILES string of the molecule is CCS(=O)(=O)Nc1ccc([C@H](C)Nc2ccccc2CO)cc1. The van der Waals surface area contributed by atoms with Gasteiger partial charge in [0.25, 0.3) is 0 Å². The van der Waals surface area contributed by atoms with Gasteiger partial charge in [0, 0.05) is 23.0 Å². The van der Waals surface area contributed by atoms with Gasteiger partial charge in [-0.15, -0.1) is 0 Å². The number of hydrogen-bond acceptors (Lipinski definition) is 4.